The van der Waals surface area contributed by atoms with Crippen molar-refractivity contribution in [3.63, 3.8) is 0 Å². The molecule has 26 heavy (non-hydrogen) atoms. The smallest absolute Gasteiger partial charge is 0.275 e. The number of carbonyl (C=O) groups is 1. The fourth-order valence-corrected chi connectivity index (χ4v) is 2.67. The van der Waals surface area contributed by atoms with Gasteiger partial charge >= 0.3 is 0 Å². The number of phenolic OH excluding ortho intramolecular Hbond substituents is 2. The van der Waals surface area contributed by atoms with E-state index in [9.17, 15) is 15.0 Å². The third-order valence-electron chi connectivity index (χ3n) is 3.99. The van der Waals surface area contributed by atoms with Crippen LogP contribution in [0, 0.1) is 0 Å². The van der Waals surface area contributed by atoms with Crippen LogP contribution in [-0.4, -0.2) is 22.3 Å². The van der Waals surface area contributed by atoms with Gasteiger partial charge < -0.3 is 10.2 Å². The van der Waals surface area contributed by atoms with Crippen LogP contribution in [0.5, 0.6) is 11.5 Å². The predicted octanol–water partition coefficient (Wildman–Crippen LogP) is 3.74. The molecule has 0 atom stereocenters. The van der Waals surface area contributed by atoms with E-state index < -0.39 is 5.91 Å². The number of phenols is 2. The number of para-hydroxylation sites is 1. The third-order valence-corrected chi connectivity index (χ3v) is 3.99. The van der Waals surface area contributed by atoms with Crippen molar-refractivity contribution >= 4 is 22.9 Å². The van der Waals surface area contributed by atoms with Gasteiger partial charge in [0.2, 0.25) is 0 Å². The molecule has 3 aromatic carbocycles. The second-order valence-corrected chi connectivity index (χ2v) is 5.76. The van der Waals surface area contributed by atoms with E-state index in [2.05, 4.69) is 17.1 Å². The van der Waals surface area contributed by atoms with Crippen LogP contribution in [0.3, 0.4) is 0 Å². The first-order chi connectivity index (χ1) is 12.6. The lowest BCUT2D eigenvalue weighted by Crippen LogP contribution is -2.17. The number of benzene rings is 3. The Morgan fingerprint density at radius 1 is 1.08 bits per heavy atom. The molecule has 0 aromatic heterocycles. The maximum absolute atomic E-state index is 12.3. The molecule has 0 unspecified atom stereocenters. The molecule has 0 bridgehead atoms. The van der Waals surface area contributed by atoms with E-state index in [1.807, 2.05) is 24.3 Å². The number of rotatable bonds is 5. The van der Waals surface area contributed by atoms with Gasteiger partial charge in [-0.3, -0.25) is 4.79 Å². The van der Waals surface area contributed by atoms with Crippen molar-refractivity contribution in [1.29, 1.82) is 0 Å². The average molecular weight is 346 g/mol. The Kier molecular flexibility index (Phi) is 4.99. The lowest BCUT2D eigenvalue weighted by Gasteiger charge is -2.06. The summed E-state index contributed by atoms with van der Waals surface area (Å²) in [6.45, 7) is 3.65. The summed E-state index contributed by atoms with van der Waals surface area (Å²) < 4.78 is 0. The summed E-state index contributed by atoms with van der Waals surface area (Å²) in [5.41, 5.74) is 3.70. The second-order valence-electron chi connectivity index (χ2n) is 5.76. The highest BCUT2D eigenvalue weighted by molar-refractivity contribution is 6.01. The zero-order chi connectivity index (χ0) is 18.5. The van der Waals surface area contributed by atoms with Crippen LogP contribution in [-0.2, 0) is 6.42 Å². The molecular formula is C21H18N2O3. The Hall–Kier alpha value is -3.60. The van der Waals surface area contributed by atoms with Gasteiger partial charge in [-0.1, -0.05) is 42.5 Å². The largest absolute Gasteiger partial charge is 0.507 e. The Bertz CT molecular complexity index is 1010. The van der Waals surface area contributed by atoms with Gasteiger partial charge in [0.15, 0.2) is 0 Å². The molecule has 0 aliphatic heterocycles. The number of nitrogens with one attached hydrogen (secondary N) is 1. The zero-order valence-corrected chi connectivity index (χ0v) is 14.0. The molecule has 0 saturated heterocycles. The molecule has 5 nitrogen and oxygen atoms in total. The highest BCUT2D eigenvalue weighted by Gasteiger charge is 2.12. The van der Waals surface area contributed by atoms with Crippen molar-refractivity contribution in [1.82, 2.24) is 5.43 Å². The number of hydrogen-bond donors (Lipinski definition) is 3. The van der Waals surface area contributed by atoms with Crippen LogP contribution in [0.25, 0.3) is 10.8 Å². The third kappa shape index (κ3) is 3.57. The van der Waals surface area contributed by atoms with E-state index in [-0.39, 0.29) is 17.1 Å². The zero-order valence-electron chi connectivity index (χ0n) is 14.0. The van der Waals surface area contributed by atoms with Gasteiger partial charge in [-0.25, -0.2) is 5.43 Å². The Labute approximate surface area is 150 Å². The summed E-state index contributed by atoms with van der Waals surface area (Å²) in [5, 5.41) is 25.8. The second kappa shape index (κ2) is 7.53. The SMILES string of the molecule is C=CCc1cccc(C=NNC(=O)c2cc3ccccc3cc2O)c1O. The molecular weight excluding hydrogens is 328 g/mol. The first kappa shape index (κ1) is 17.2. The van der Waals surface area contributed by atoms with Gasteiger partial charge in [0.25, 0.3) is 5.91 Å². The molecule has 3 aromatic rings. The monoisotopic (exact) mass is 346 g/mol. The van der Waals surface area contributed by atoms with Crippen LogP contribution >= 0.6 is 0 Å². The quantitative estimate of drug-likeness (QED) is 0.374. The topological polar surface area (TPSA) is 81.9 Å². The standard InChI is InChI=1S/C21H18N2O3/c1-2-6-14-9-5-10-17(20(14)25)13-22-23-21(26)18-11-15-7-3-4-8-16(15)12-19(18)24/h2-5,7-13,24-25H,1,6H2,(H,23,26). The van der Waals surface area contributed by atoms with Gasteiger partial charge in [-0.05, 0) is 41.0 Å². The van der Waals surface area contributed by atoms with Crippen molar-refractivity contribution < 1.29 is 15.0 Å². The Morgan fingerprint density at radius 2 is 1.81 bits per heavy atom. The normalized spacial score (nSPS) is 10.9. The lowest BCUT2D eigenvalue weighted by molar-refractivity contribution is 0.0952. The van der Waals surface area contributed by atoms with E-state index in [0.29, 0.717) is 12.0 Å². The van der Waals surface area contributed by atoms with E-state index in [0.717, 1.165) is 16.3 Å². The van der Waals surface area contributed by atoms with E-state index >= 15 is 0 Å². The number of aromatic hydroxyl groups is 2. The molecule has 0 aliphatic carbocycles. The highest BCUT2D eigenvalue weighted by Crippen LogP contribution is 2.25. The molecule has 0 heterocycles. The van der Waals surface area contributed by atoms with Gasteiger partial charge in [0, 0.05) is 5.56 Å². The number of hydrogen-bond acceptors (Lipinski definition) is 4. The van der Waals surface area contributed by atoms with Crippen LogP contribution in [0.4, 0.5) is 0 Å². The molecule has 5 heteroatoms. The van der Waals surface area contributed by atoms with E-state index in [1.54, 1.807) is 36.4 Å². The van der Waals surface area contributed by atoms with Crippen molar-refractivity contribution in [2.45, 2.75) is 6.42 Å². The fraction of sp³-hybridized carbons (Fsp3) is 0.0476. The van der Waals surface area contributed by atoms with Crippen molar-refractivity contribution in [2.24, 2.45) is 5.10 Å². The van der Waals surface area contributed by atoms with Gasteiger partial charge in [-0.15, -0.1) is 6.58 Å². The minimum absolute atomic E-state index is 0.0963. The summed E-state index contributed by atoms with van der Waals surface area (Å²) in [5.74, 6) is -0.558. The van der Waals surface area contributed by atoms with Gasteiger partial charge in [0.05, 0.1) is 11.8 Å². The minimum atomic E-state index is -0.536. The fourth-order valence-electron chi connectivity index (χ4n) is 2.67. The maximum atomic E-state index is 12.3. The molecule has 3 N–H and O–H groups in total. The predicted molar refractivity (Wildman–Crippen MR) is 103 cm³/mol. The molecule has 0 spiro atoms. The molecule has 0 saturated carbocycles. The number of fused-ring (bicyclic) bond motifs is 1. The van der Waals surface area contributed by atoms with Crippen LogP contribution < -0.4 is 5.43 Å². The number of allylic oxidation sites excluding steroid dienone is 1. The molecule has 0 aliphatic rings. The van der Waals surface area contributed by atoms with Gasteiger partial charge in [0.1, 0.15) is 11.5 Å². The van der Waals surface area contributed by atoms with Crippen LogP contribution in [0.2, 0.25) is 0 Å². The van der Waals surface area contributed by atoms with Gasteiger partial charge in [-0.2, -0.15) is 5.10 Å². The summed E-state index contributed by atoms with van der Waals surface area (Å²) in [4.78, 5) is 12.3. The summed E-state index contributed by atoms with van der Waals surface area (Å²) >= 11 is 0. The number of hydrazone groups is 1. The molecule has 1 amide bonds. The summed E-state index contributed by atoms with van der Waals surface area (Å²) in [6.07, 6.45) is 3.59. The lowest BCUT2D eigenvalue weighted by atomic mass is 10.1. The van der Waals surface area contributed by atoms with Crippen LogP contribution in [0.15, 0.2) is 72.4 Å². The van der Waals surface area contributed by atoms with Crippen molar-refractivity contribution in [3.05, 3.63) is 83.9 Å². The molecule has 130 valence electrons. The molecule has 0 fully saturated rings. The highest BCUT2D eigenvalue weighted by atomic mass is 16.3. The summed E-state index contributed by atoms with van der Waals surface area (Å²) in [6, 6.07) is 15.8. The first-order valence-corrected chi connectivity index (χ1v) is 8.07. The minimum Gasteiger partial charge on any atom is -0.507 e. The Balaban J connectivity index is 1.79. The maximum Gasteiger partial charge on any atom is 0.275 e. The first-order valence-electron chi connectivity index (χ1n) is 8.07. The number of nitrogens with zero attached hydrogens (tertiary/aromatic N) is 1. The Morgan fingerprint density at radius 3 is 2.54 bits per heavy atom. The molecule has 0 radical (unpaired) electrons. The van der Waals surface area contributed by atoms with E-state index in [4.69, 9.17) is 0 Å². The average Bonchev–Trinajstić information content (AvgIpc) is 2.64. The number of carbonyl (C=O) groups excluding carboxylic acids is 1. The number of amides is 1. The summed E-state index contributed by atoms with van der Waals surface area (Å²) in [7, 11) is 0. The molecule has 3 rings (SSSR count). The van der Waals surface area contributed by atoms with Crippen LogP contribution in [0.1, 0.15) is 21.5 Å². The van der Waals surface area contributed by atoms with Crippen molar-refractivity contribution in [3.8, 4) is 11.5 Å². The van der Waals surface area contributed by atoms with Crippen molar-refractivity contribution in [2.75, 3.05) is 0 Å². The van der Waals surface area contributed by atoms with E-state index in [1.165, 1.54) is 6.21 Å².